The minimum absolute atomic E-state index is 0.0238. The zero-order valence-electron chi connectivity index (χ0n) is 11.7. The molecule has 0 saturated carbocycles. The van der Waals surface area contributed by atoms with Crippen LogP contribution >= 0.6 is 0 Å². The third-order valence-electron chi connectivity index (χ3n) is 2.74. The van der Waals surface area contributed by atoms with Gasteiger partial charge in [0.2, 0.25) is 5.91 Å². The number of hydrogen-bond donors (Lipinski definition) is 0. The van der Waals surface area contributed by atoms with Crippen molar-refractivity contribution >= 4 is 18.0 Å². The number of aryl methyl sites for hydroxylation is 1. The third-order valence-corrected chi connectivity index (χ3v) is 2.74. The number of anilines is 1. The number of aromatic nitrogens is 1. The molecule has 0 N–H and O–H groups in total. The standard InChI is InChI=1S/C14H20N2O2/c1-6-16(13(18)14(3,4)5)12-7-10(2)11(9-17)8-15-12/h7-9H,6H2,1-5H3. The van der Waals surface area contributed by atoms with Gasteiger partial charge in [0.25, 0.3) is 0 Å². The quantitative estimate of drug-likeness (QED) is 0.772. The third kappa shape index (κ3) is 2.94. The maximum atomic E-state index is 12.3. The van der Waals surface area contributed by atoms with Crippen LogP contribution in [0.15, 0.2) is 12.3 Å². The van der Waals surface area contributed by atoms with Crippen LogP contribution in [0.4, 0.5) is 5.82 Å². The number of carbonyl (C=O) groups is 2. The molecule has 0 bridgehead atoms. The summed E-state index contributed by atoms with van der Waals surface area (Å²) in [5.74, 6) is 0.622. The van der Waals surface area contributed by atoms with Gasteiger partial charge in [-0.05, 0) is 25.5 Å². The molecule has 1 heterocycles. The lowest BCUT2D eigenvalue weighted by atomic mass is 9.94. The van der Waals surface area contributed by atoms with Gasteiger partial charge in [0.1, 0.15) is 5.82 Å². The molecule has 98 valence electrons. The zero-order valence-corrected chi connectivity index (χ0v) is 11.7. The summed E-state index contributed by atoms with van der Waals surface area (Å²) in [6.07, 6.45) is 2.28. The Bertz CT molecular complexity index is 461. The molecule has 4 heteroatoms. The van der Waals surface area contributed by atoms with Crippen molar-refractivity contribution in [2.45, 2.75) is 34.6 Å². The second-order valence-electron chi connectivity index (χ2n) is 5.32. The van der Waals surface area contributed by atoms with E-state index in [0.29, 0.717) is 17.9 Å². The smallest absolute Gasteiger partial charge is 0.233 e. The largest absolute Gasteiger partial charge is 0.298 e. The van der Waals surface area contributed by atoms with Gasteiger partial charge in [0.05, 0.1) is 0 Å². The van der Waals surface area contributed by atoms with Gasteiger partial charge in [-0.1, -0.05) is 20.8 Å². The maximum Gasteiger partial charge on any atom is 0.233 e. The van der Waals surface area contributed by atoms with E-state index in [4.69, 9.17) is 0 Å². The molecule has 0 aliphatic rings. The predicted molar refractivity (Wildman–Crippen MR) is 71.8 cm³/mol. The summed E-state index contributed by atoms with van der Waals surface area (Å²) in [5, 5.41) is 0. The predicted octanol–water partition coefficient (Wildman–Crippen LogP) is 2.60. The monoisotopic (exact) mass is 248 g/mol. The highest BCUT2D eigenvalue weighted by molar-refractivity contribution is 5.96. The first-order valence-electron chi connectivity index (χ1n) is 6.05. The first-order chi connectivity index (χ1) is 8.31. The van der Waals surface area contributed by atoms with E-state index in [-0.39, 0.29) is 5.91 Å². The van der Waals surface area contributed by atoms with Crippen molar-refractivity contribution in [1.82, 2.24) is 4.98 Å². The fraction of sp³-hybridized carbons (Fsp3) is 0.500. The van der Waals surface area contributed by atoms with Crippen molar-refractivity contribution in [2.24, 2.45) is 5.41 Å². The van der Waals surface area contributed by atoms with E-state index in [9.17, 15) is 9.59 Å². The Morgan fingerprint density at radius 2 is 2.06 bits per heavy atom. The number of nitrogens with zero attached hydrogens (tertiary/aromatic N) is 2. The van der Waals surface area contributed by atoms with E-state index >= 15 is 0 Å². The molecule has 1 aromatic heterocycles. The Morgan fingerprint density at radius 3 is 2.44 bits per heavy atom. The van der Waals surface area contributed by atoms with Gasteiger partial charge >= 0.3 is 0 Å². The average Bonchev–Trinajstić information content (AvgIpc) is 2.29. The Balaban J connectivity index is 3.14. The van der Waals surface area contributed by atoms with Crippen LogP contribution in [-0.2, 0) is 4.79 Å². The normalized spacial score (nSPS) is 11.2. The first kappa shape index (κ1) is 14.4. The molecule has 0 aromatic carbocycles. The summed E-state index contributed by atoms with van der Waals surface area (Å²) in [7, 11) is 0. The summed E-state index contributed by atoms with van der Waals surface area (Å²) in [6.45, 7) is 9.95. The van der Waals surface area contributed by atoms with E-state index in [1.807, 2.05) is 34.6 Å². The van der Waals surface area contributed by atoms with Gasteiger partial charge in [-0.25, -0.2) is 4.98 Å². The highest BCUT2D eigenvalue weighted by Crippen LogP contribution is 2.22. The number of hydrogen-bond acceptors (Lipinski definition) is 3. The summed E-state index contributed by atoms with van der Waals surface area (Å²) < 4.78 is 0. The van der Waals surface area contributed by atoms with Gasteiger partial charge < -0.3 is 0 Å². The Hall–Kier alpha value is -1.71. The lowest BCUT2D eigenvalue weighted by Crippen LogP contribution is -2.40. The van der Waals surface area contributed by atoms with Crippen LogP contribution in [0.5, 0.6) is 0 Å². The molecule has 0 radical (unpaired) electrons. The Morgan fingerprint density at radius 1 is 1.44 bits per heavy atom. The van der Waals surface area contributed by atoms with E-state index < -0.39 is 5.41 Å². The molecule has 0 unspecified atom stereocenters. The lowest BCUT2D eigenvalue weighted by Gasteiger charge is -2.28. The molecule has 1 aromatic rings. The molecule has 0 fully saturated rings. The minimum atomic E-state index is -0.449. The first-order valence-corrected chi connectivity index (χ1v) is 6.05. The van der Waals surface area contributed by atoms with Crippen LogP contribution in [0.3, 0.4) is 0 Å². The number of carbonyl (C=O) groups excluding carboxylic acids is 2. The van der Waals surface area contributed by atoms with Crippen molar-refractivity contribution in [3.8, 4) is 0 Å². The SMILES string of the molecule is CCN(C(=O)C(C)(C)C)c1cc(C)c(C=O)cn1. The average molecular weight is 248 g/mol. The second kappa shape index (κ2) is 5.29. The van der Waals surface area contributed by atoms with Crippen LogP contribution in [0.25, 0.3) is 0 Å². The summed E-state index contributed by atoms with van der Waals surface area (Å²) in [6, 6.07) is 1.77. The van der Waals surface area contributed by atoms with E-state index in [1.165, 1.54) is 6.20 Å². The molecule has 0 atom stereocenters. The van der Waals surface area contributed by atoms with Crippen molar-refractivity contribution < 1.29 is 9.59 Å². The lowest BCUT2D eigenvalue weighted by molar-refractivity contribution is -0.125. The van der Waals surface area contributed by atoms with Gasteiger partial charge in [0.15, 0.2) is 6.29 Å². The molecule has 0 spiro atoms. The van der Waals surface area contributed by atoms with Crippen LogP contribution in [0.2, 0.25) is 0 Å². The summed E-state index contributed by atoms with van der Waals surface area (Å²) in [5.41, 5.74) is 0.933. The van der Waals surface area contributed by atoms with Crippen molar-refractivity contribution in [3.05, 3.63) is 23.4 Å². The Kier molecular flexibility index (Phi) is 4.22. The maximum absolute atomic E-state index is 12.3. The zero-order chi connectivity index (χ0) is 13.9. The molecular formula is C14H20N2O2. The fourth-order valence-electron chi connectivity index (χ4n) is 1.64. The molecular weight excluding hydrogens is 228 g/mol. The summed E-state index contributed by atoms with van der Waals surface area (Å²) >= 11 is 0. The Labute approximate surface area is 108 Å². The van der Waals surface area contributed by atoms with Crippen molar-refractivity contribution in [3.63, 3.8) is 0 Å². The number of amides is 1. The van der Waals surface area contributed by atoms with Crippen LogP contribution in [-0.4, -0.2) is 23.7 Å². The van der Waals surface area contributed by atoms with Crippen LogP contribution in [0.1, 0.15) is 43.6 Å². The number of rotatable bonds is 3. The highest BCUT2D eigenvalue weighted by atomic mass is 16.2. The van der Waals surface area contributed by atoms with Gasteiger partial charge in [0, 0.05) is 23.7 Å². The van der Waals surface area contributed by atoms with Crippen molar-refractivity contribution in [1.29, 1.82) is 0 Å². The van der Waals surface area contributed by atoms with Crippen molar-refractivity contribution in [2.75, 3.05) is 11.4 Å². The summed E-state index contributed by atoms with van der Waals surface area (Å²) in [4.78, 5) is 28.9. The molecule has 0 aliphatic carbocycles. The molecule has 4 nitrogen and oxygen atoms in total. The van der Waals surface area contributed by atoms with E-state index in [2.05, 4.69) is 4.98 Å². The molecule has 18 heavy (non-hydrogen) atoms. The molecule has 1 amide bonds. The molecule has 0 aliphatic heterocycles. The molecule has 0 saturated heterocycles. The number of pyridine rings is 1. The fourth-order valence-corrected chi connectivity index (χ4v) is 1.64. The minimum Gasteiger partial charge on any atom is -0.298 e. The van der Waals surface area contributed by atoms with Gasteiger partial charge in [-0.15, -0.1) is 0 Å². The van der Waals surface area contributed by atoms with Crippen LogP contribution in [0, 0.1) is 12.3 Å². The number of aldehydes is 1. The van der Waals surface area contributed by atoms with Gasteiger partial charge in [-0.2, -0.15) is 0 Å². The van der Waals surface area contributed by atoms with Crippen LogP contribution < -0.4 is 4.90 Å². The van der Waals surface area contributed by atoms with E-state index in [1.54, 1.807) is 11.0 Å². The highest BCUT2D eigenvalue weighted by Gasteiger charge is 2.28. The van der Waals surface area contributed by atoms with E-state index in [0.717, 1.165) is 11.8 Å². The second-order valence-corrected chi connectivity index (χ2v) is 5.32. The van der Waals surface area contributed by atoms with Gasteiger partial charge in [-0.3, -0.25) is 14.5 Å². The topological polar surface area (TPSA) is 50.3 Å². The molecule has 1 rings (SSSR count).